The van der Waals surface area contributed by atoms with E-state index in [1.807, 2.05) is 85.8 Å². The lowest BCUT2D eigenvalue weighted by Crippen LogP contribution is -2.22. The second kappa shape index (κ2) is 8.46. The zero-order chi connectivity index (χ0) is 25.0. The van der Waals surface area contributed by atoms with E-state index in [1.54, 1.807) is 15.0 Å². The first-order valence-corrected chi connectivity index (χ1v) is 12.5. The van der Waals surface area contributed by atoms with E-state index >= 15 is 0 Å². The van der Waals surface area contributed by atoms with Gasteiger partial charge >= 0.3 is 0 Å². The Hall–Kier alpha value is -4.24. The highest BCUT2D eigenvalue weighted by Crippen LogP contribution is 2.26. The van der Waals surface area contributed by atoms with E-state index < -0.39 is 0 Å². The fourth-order valence-corrected chi connectivity index (χ4v) is 5.36. The summed E-state index contributed by atoms with van der Waals surface area (Å²) < 4.78 is 5.13. The van der Waals surface area contributed by atoms with Crippen molar-refractivity contribution in [1.29, 1.82) is 0 Å². The molecule has 0 aliphatic rings. The first-order valence-electron chi connectivity index (χ1n) is 11.5. The third-order valence-electron chi connectivity index (χ3n) is 6.28. The number of rotatable bonds is 4. The van der Waals surface area contributed by atoms with Crippen molar-refractivity contribution in [1.82, 2.24) is 28.5 Å². The third kappa shape index (κ3) is 3.51. The van der Waals surface area contributed by atoms with Gasteiger partial charge in [-0.25, -0.2) is 9.55 Å². The smallest absolute Gasteiger partial charge is 0.267 e. The molecule has 0 atom stereocenters. The molecular formula is C27H22N6O2S. The quantitative estimate of drug-likeness (QED) is 0.341. The molecule has 4 aromatic heterocycles. The Morgan fingerprint density at radius 1 is 0.861 bits per heavy atom. The SMILES string of the molecule is Cc1ccc(C)c(-n2c(=O)c3ccccc3n3c(SCc4cc(=O)n5c(C)cccc5n4)nnc23)c1. The number of aryl methyl sites for hydroxylation is 3. The molecule has 0 spiro atoms. The van der Waals surface area contributed by atoms with Gasteiger partial charge in [0.2, 0.25) is 5.78 Å². The molecule has 6 rings (SSSR count). The minimum atomic E-state index is -0.143. The number of benzene rings is 2. The molecule has 0 unspecified atom stereocenters. The Bertz CT molecular complexity index is 1940. The molecule has 0 saturated carbocycles. The van der Waals surface area contributed by atoms with Crippen LogP contribution in [0.15, 0.2) is 81.5 Å². The molecule has 0 fully saturated rings. The maximum absolute atomic E-state index is 13.6. The summed E-state index contributed by atoms with van der Waals surface area (Å²) in [6.07, 6.45) is 0. The Kier molecular flexibility index (Phi) is 5.22. The van der Waals surface area contributed by atoms with Crippen molar-refractivity contribution < 1.29 is 0 Å². The lowest BCUT2D eigenvalue weighted by atomic mass is 10.1. The van der Waals surface area contributed by atoms with Crippen LogP contribution in [0.1, 0.15) is 22.5 Å². The topological polar surface area (TPSA) is 86.6 Å². The summed E-state index contributed by atoms with van der Waals surface area (Å²) >= 11 is 1.43. The molecule has 4 heterocycles. The van der Waals surface area contributed by atoms with E-state index in [1.165, 1.54) is 11.8 Å². The van der Waals surface area contributed by atoms with Crippen LogP contribution in [-0.4, -0.2) is 28.5 Å². The predicted octanol–water partition coefficient (Wildman–Crippen LogP) is 4.26. The number of pyridine rings is 1. The van der Waals surface area contributed by atoms with Crippen LogP contribution >= 0.6 is 11.8 Å². The van der Waals surface area contributed by atoms with Crippen molar-refractivity contribution in [3.63, 3.8) is 0 Å². The normalized spacial score (nSPS) is 11.6. The van der Waals surface area contributed by atoms with Crippen LogP contribution in [0.4, 0.5) is 0 Å². The molecule has 0 amide bonds. The lowest BCUT2D eigenvalue weighted by Gasteiger charge is -2.14. The molecule has 9 heteroatoms. The van der Waals surface area contributed by atoms with Crippen LogP contribution in [0.25, 0.3) is 28.0 Å². The second-order valence-electron chi connectivity index (χ2n) is 8.80. The van der Waals surface area contributed by atoms with Crippen LogP contribution in [0.2, 0.25) is 0 Å². The maximum Gasteiger partial charge on any atom is 0.267 e. The highest BCUT2D eigenvalue weighted by molar-refractivity contribution is 7.98. The molecule has 178 valence electrons. The first-order chi connectivity index (χ1) is 17.4. The number of hydrogen-bond donors (Lipinski definition) is 0. The molecule has 36 heavy (non-hydrogen) atoms. The summed E-state index contributed by atoms with van der Waals surface area (Å²) in [6, 6.07) is 20.6. The average Bonchev–Trinajstić information content (AvgIpc) is 3.28. The number of hydrogen-bond acceptors (Lipinski definition) is 6. The first kappa shape index (κ1) is 22.2. The van der Waals surface area contributed by atoms with Gasteiger partial charge in [-0.3, -0.25) is 18.4 Å². The van der Waals surface area contributed by atoms with Gasteiger partial charge in [0.05, 0.1) is 22.3 Å². The molecule has 6 aromatic rings. The number of nitrogens with zero attached hydrogens (tertiary/aromatic N) is 6. The highest BCUT2D eigenvalue weighted by atomic mass is 32.2. The van der Waals surface area contributed by atoms with Gasteiger partial charge in [-0.1, -0.05) is 42.1 Å². The molecule has 0 aliphatic carbocycles. The van der Waals surface area contributed by atoms with E-state index in [2.05, 4.69) is 15.2 Å². The summed E-state index contributed by atoms with van der Waals surface area (Å²) in [7, 11) is 0. The molecule has 2 aromatic carbocycles. The van der Waals surface area contributed by atoms with Crippen LogP contribution in [0.3, 0.4) is 0 Å². The summed E-state index contributed by atoms with van der Waals surface area (Å²) in [4.78, 5) is 31.0. The number of thioether (sulfide) groups is 1. The van der Waals surface area contributed by atoms with Crippen molar-refractivity contribution in [3.05, 3.63) is 110 Å². The summed E-state index contributed by atoms with van der Waals surface area (Å²) in [5.41, 5.74) is 5.36. The van der Waals surface area contributed by atoms with Crippen molar-refractivity contribution in [3.8, 4) is 5.69 Å². The van der Waals surface area contributed by atoms with Gasteiger partial charge in [0.1, 0.15) is 5.65 Å². The second-order valence-corrected chi connectivity index (χ2v) is 9.74. The molecule has 0 N–H and O–H groups in total. The Labute approximate surface area is 209 Å². The van der Waals surface area contributed by atoms with Gasteiger partial charge < -0.3 is 0 Å². The summed E-state index contributed by atoms with van der Waals surface area (Å²) in [5, 5.41) is 10.1. The molecule has 8 nitrogen and oxygen atoms in total. The van der Waals surface area contributed by atoms with Crippen LogP contribution < -0.4 is 11.1 Å². The predicted molar refractivity (Wildman–Crippen MR) is 141 cm³/mol. The van der Waals surface area contributed by atoms with Gasteiger partial charge in [-0.2, -0.15) is 0 Å². The van der Waals surface area contributed by atoms with Gasteiger partial charge in [0.15, 0.2) is 5.16 Å². The maximum atomic E-state index is 13.6. The standard InChI is InChI=1S/C27H22N6O2S/c1-16-11-12-17(2)22(13-16)32-25(35)20-8-4-5-9-21(20)33-26(32)29-30-27(33)36-15-19-14-24(34)31-18(3)7-6-10-23(31)28-19/h4-14H,15H2,1-3H3. The monoisotopic (exact) mass is 494 g/mol. The average molecular weight is 495 g/mol. The van der Waals surface area contributed by atoms with E-state index in [0.717, 1.165) is 28.0 Å². The molecule has 0 saturated heterocycles. The van der Waals surface area contributed by atoms with Crippen molar-refractivity contribution in [2.24, 2.45) is 0 Å². The van der Waals surface area contributed by atoms with Crippen LogP contribution in [0, 0.1) is 20.8 Å². The fraction of sp³-hybridized carbons (Fsp3) is 0.148. The van der Waals surface area contributed by atoms with E-state index in [-0.39, 0.29) is 11.1 Å². The minimum Gasteiger partial charge on any atom is -0.269 e. The van der Waals surface area contributed by atoms with E-state index in [0.29, 0.717) is 33.4 Å². The van der Waals surface area contributed by atoms with Gasteiger partial charge in [0.25, 0.3) is 11.1 Å². The summed E-state index contributed by atoms with van der Waals surface area (Å²) in [5.74, 6) is 0.870. The van der Waals surface area contributed by atoms with Crippen molar-refractivity contribution in [2.45, 2.75) is 31.7 Å². The number of fused-ring (bicyclic) bond motifs is 4. The zero-order valence-corrected chi connectivity index (χ0v) is 20.8. The Balaban J connectivity index is 1.51. The van der Waals surface area contributed by atoms with Crippen molar-refractivity contribution >= 4 is 34.1 Å². The lowest BCUT2D eigenvalue weighted by molar-refractivity contribution is 0.924. The zero-order valence-electron chi connectivity index (χ0n) is 20.0. The van der Waals surface area contributed by atoms with Gasteiger partial charge in [-0.15, -0.1) is 10.2 Å². The van der Waals surface area contributed by atoms with Crippen molar-refractivity contribution in [2.75, 3.05) is 0 Å². The largest absolute Gasteiger partial charge is 0.269 e. The minimum absolute atomic E-state index is 0.117. The summed E-state index contributed by atoms with van der Waals surface area (Å²) in [6.45, 7) is 5.86. The van der Waals surface area contributed by atoms with E-state index in [4.69, 9.17) is 0 Å². The molecule has 0 aliphatic heterocycles. The molecule has 0 radical (unpaired) electrons. The molecular weight excluding hydrogens is 472 g/mol. The highest BCUT2D eigenvalue weighted by Gasteiger charge is 2.19. The fourth-order valence-electron chi connectivity index (χ4n) is 4.53. The van der Waals surface area contributed by atoms with Crippen LogP contribution in [0.5, 0.6) is 0 Å². The Morgan fingerprint density at radius 2 is 1.69 bits per heavy atom. The van der Waals surface area contributed by atoms with Gasteiger partial charge in [-0.05, 0) is 62.2 Å². The third-order valence-corrected chi connectivity index (χ3v) is 7.25. The van der Waals surface area contributed by atoms with Crippen LogP contribution in [-0.2, 0) is 5.75 Å². The Morgan fingerprint density at radius 3 is 2.56 bits per heavy atom. The molecule has 0 bridgehead atoms. The number of aromatic nitrogens is 6. The van der Waals surface area contributed by atoms with E-state index in [9.17, 15) is 9.59 Å². The number of para-hydroxylation sites is 1. The van der Waals surface area contributed by atoms with Gasteiger partial charge in [0, 0.05) is 17.5 Å².